The van der Waals surface area contributed by atoms with E-state index in [1.807, 2.05) is 0 Å². The molecular weight excluding hydrogens is 136 g/mol. The molecular formula is C10H16O. The van der Waals surface area contributed by atoms with Crippen LogP contribution < -0.4 is 0 Å². The van der Waals surface area contributed by atoms with Gasteiger partial charge in [-0.15, -0.1) is 0 Å². The fraction of sp³-hybridized carbons (Fsp3) is 0.900. The Morgan fingerprint density at radius 3 is 2.45 bits per heavy atom. The first kappa shape index (κ1) is 7.33. The van der Waals surface area contributed by atoms with Crippen LogP contribution in [0.25, 0.3) is 0 Å². The average Bonchev–Trinajstić information content (AvgIpc) is 2.66. The van der Waals surface area contributed by atoms with Gasteiger partial charge in [0.1, 0.15) is 6.29 Å². The molecule has 0 spiro atoms. The van der Waals surface area contributed by atoms with Gasteiger partial charge in [0, 0.05) is 5.41 Å². The molecule has 0 aromatic rings. The Bertz CT molecular complexity index is 164. The van der Waals surface area contributed by atoms with Gasteiger partial charge in [0.15, 0.2) is 0 Å². The highest BCUT2D eigenvalue weighted by Gasteiger charge is 2.45. The normalized spacial score (nSPS) is 39.4. The first-order chi connectivity index (χ1) is 5.24. The third-order valence-corrected chi connectivity index (χ3v) is 3.31. The molecule has 0 amide bonds. The fourth-order valence-electron chi connectivity index (χ4n) is 2.34. The fourth-order valence-corrected chi connectivity index (χ4v) is 2.34. The van der Waals surface area contributed by atoms with Crippen molar-refractivity contribution in [1.82, 2.24) is 0 Å². The molecule has 0 N–H and O–H groups in total. The second kappa shape index (κ2) is 2.33. The Kier molecular flexibility index (Phi) is 1.55. The molecule has 62 valence electrons. The summed E-state index contributed by atoms with van der Waals surface area (Å²) in [5.41, 5.74) is 0.171. The zero-order chi connectivity index (χ0) is 7.90. The molecule has 0 heterocycles. The van der Waals surface area contributed by atoms with Crippen LogP contribution in [-0.2, 0) is 4.79 Å². The Morgan fingerprint density at radius 1 is 1.45 bits per heavy atom. The highest BCUT2D eigenvalue weighted by atomic mass is 16.1. The Labute approximate surface area is 68.2 Å². The third-order valence-electron chi connectivity index (χ3n) is 3.31. The first-order valence-corrected chi connectivity index (χ1v) is 4.70. The minimum Gasteiger partial charge on any atom is -0.303 e. The zero-order valence-electron chi connectivity index (χ0n) is 7.18. The highest BCUT2D eigenvalue weighted by Crippen LogP contribution is 2.52. The van der Waals surface area contributed by atoms with Gasteiger partial charge < -0.3 is 4.79 Å². The van der Waals surface area contributed by atoms with E-state index in [0.29, 0.717) is 0 Å². The lowest BCUT2D eigenvalue weighted by Crippen LogP contribution is -2.24. The van der Waals surface area contributed by atoms with Crippen LogP contribution >= 0.6 is 0 Å². The molecule has 2 aliphatic rings. The predicted octanol–water partition coefficient (Wildman–Crippen LogP) is 2.40. The Balaban J connectivity index is 1.78. The van der Waals surface area contributed by atoms with Gasteiger partial charge in [0.05, 0.1) is 0 Å². The topological polar surface area (TPSA) is 17.1 Å². The molecule has 0 aliphatic heterocycles. The van der Waals surface area contributed by atoms with Crippen LogP contribution in [0.1, 0.15) is 39.0 Å². The van der Waals surface area contributed by atoms with Gasteiger partial charge in [-0.25, -0.2) is 0 Å². The maximum Gasteiger partial charge on any atom is 0.126 e. The summed E-state index contributed by atoms with van der Waals surface area (Å²) in [5, 5.41) is 0. The van der Waals surface area contributed by atoms with Crippen LogP contribution in [0.15, 0.2) is 0 Å². The zero-order valence-corrected chi connectivity index (χ0v) is 7.18. The SMILES string of the molecule is CC1CC(CC2(C=O)CC2)C1. The summed E-state index contributed by atoms with van der Waals surface area (Å²) in [5.74, 6) is 1.82. The summed E-state index contributed by atoms with van der Waals surface area (Å²) in [7, 11) is 0. The van der Waals surface area contributed by atoms with E-state index < -0.39 is 0 Å². The van der Waals surface area contributed by atoms with E-state index >= 15 is 0 Å². The van der Waals surface area contributed by atoms with E-state index in [0.717, 1.165) is 11.8 Å². The van der Waals surface area contributed by atoms with Crippen molar-refractivity contribution in [1.29, 1.82) is 0 Å². The Hall–Kier alpha value is -0.330. The number of aldehydes is 1. The largest absolute Gasteiger partial charge is 0.303 e. The smallest absolute Gasteiger partial charge is 0.126 e. The van der Waals surface area contributed by atoms with Gasteiger partial charge in [0.25, 0.3) is 0 Å². The van der Waals surface area contributed by atoms with Crippen molar-refractivity contribution in [3.05, 3.63) is 0 Å². The van der Waals surface area contributed by atoms with Gasteiger partial charge >= 0.3 is 0 Å². The minimum absolute atomic E-state index is 0.171. The number of hydrogen-bond donors (Lipinski definition) is 0. The van der Waals surface area contributed by atoms with Crippen molar-refractivity contribution in [2.24, 2.45) is 17.3 Å². The molecule has 0 atom stereocenters. The molecule has 0 unspecified atom stereocenters. The molecule has 1 heteroatoms. The number of carbonyl (C=O) groups excluding carboxylic acids is 1. The summed E-state index contributed by atoms with van der Waals surface area (Å²) >= 11 is 0. The van der Waals surface area contributed by atoms with Gasteiger partial charge in [-0.1, -0.05) is 6.92 Å². The lowest BCUT2D eigenvalue weighted by atomic mass is 9.71. The molecule has 11 heavy (non-hydrogen) atoms. The van der Waals surface area contributed by atoms with E-state index in [-0.39, 0.29) is 5.41 Å². The van der Waals surface area contributed by atoms with Crippen molar-refractivity contribution in [3.8, 4) is 0 Å². The summed E-state index contributed by atoms with van der Waals surface area (Å²) in [6, 6.07) is 0. The van der Waals surface area contributed by atoms with Crippen molar-refractivity contribution in [2.75, 3.05) is 0 Å². The quantitative estimate of drug-likeness (QED) is 0.567. The van der Waals surface area contributed by atoms with Gasteiger partial charge in [-0.2, -0.15) is 0 Å². The van der Waals surface area contributed by atoms with Crippen LogP contribution in [0, 0.1) is 17.3 Å². The minimum atomic E-state index is 0.171. The molecule has 0 aromatic carbocycles. The lowest BCUT2D eigenvalue weighted by Gasteiger charge is -2.34. The molecule has 2 rings (SSSR count). The maximum absolute atomic E-state index is 10.6. The van der Waals surface area contributed by atoms with Gasteiger partial charge in [-0.05, 0) is 43.9 Å². The van der Waals surface area contributed by atoms with E-state index in [2.05, 4.69) is 6.92 Å². The van der Waals surface area contributed by atoms with Crippen LogP contribution in [0.3, 0.4) is 0 Å². The molecule has 0 aromatic heterocycles. The lowest BCUT2D eigenvalue weighted by molar-refractivity contribution is -0.113. The summed E-state index contributed by atoms with van der Waals surface area (Å²) in [6.45, 7) is 2.30. The van der Waals surface area contributed by atoms with Gasteiger partial charge in [0.2, 0.25) is 0 Å². The van der Waals surface area contributed by atoms with E-state index in [1.54, 1.807) is 0 Å². The van der Waals surface area contributed by atoms with Crippen LogP contribution in [-0.4, -0.2) is 6.29 Å². The molecule has 0 saturated heterocycles. The molecule has 2 fully saturated rings. The van der Waals surface area contributed by atoms with Gasteiger partial charge in [-0.3, -0.25) is 0 Å². The summed E-state index contributed by atoms with van der Waals surface area (Å²) < 4.78 is 0. The summed E-state index contributed by atoms with van der Waals surface area (Å²) in [4.78, 5) is 10.6. The van der Waals surface area contributed by atoms with Crippen LogP contribution in [0.2, 0.25) is 0 Å². The van der Waals surface area contributed by atoms with Crippen LogP contribution in [0.5, 0.6) is 0 Å². The Morgan fingerprint density at radius 2 is 2.09 bits per heavy atom. The predicted molar refractivity (Wildman–Crippen MR) is 44.2 cm³/mol. The molecule has 0 radical (unpaired) electrons. The number of rotatable bonds is 3. The van der Waals surface area contributed by atoms with Crippen molar-refractivity contribution in [3.63, 3.8) is 0 Å². The average molecular weight is 152 g/mol. The van der Waals surface area contributed by atoms with Crippen molar-refractivity contribution < 1.29 is 4.79 Å². The van der Waals surface area contributed by atoms with E-state index in [1.165, 1.54) is 38.4 Å². The monoisotopic (exact) mass is 152 g/mol. The second-order valence-corrected chi connectivity index (χ2v) is 4.63. The third kappa shape index (κ3) is 1.33. The molecule has 1 nitrogen and oxygen atoms in total. The standard InChI is InChI=1S/C10H16O/c1-8-4-9(5-8)6-10(7-11)2-3-10/h7-9H,2-6H2,1H3. The van der Waals surface area contributed by atoms with Crippen LogP contribution in [0.4, 0.5) is 0 Å². The maximum atomic E-state index is 10.6. The second-order valence-electron chi connectivity index (χ2n) is 4.63. The number of carbonyl (C=O) groups is 1. The van der Waals surface area contributed by atoms with E-state index in [9.17, 15) is 4.79 Å². The summed E-state index contributed by atoms with van der Waals surface area (Å²) in [6.07, 6.45) is 7.48. The molecule has 2 saturated carbocycles. The van der Waals surface area contributed by atoms with Crippen molar-refractivity contribution >= 4 is 6.29 Å². The van der Waals surface area contributed by atoms with Crippen molar-refractivity contribution in [2.45, 2.75) is 39.0 Å². The molecule has 0 bridgehead atoms. The highest BCUT2D eigenvalue weighted by molar-refractivity contribution is 5.63. The number of hydrogen-bond acceptors (Lipinski definition) is 1. The molecule has 2 aliphatic carbocycles. The first-order valence-electron chi connectivity index (χ1n) is 4.70. The van der Waals surface area contributed by atoms with E-state index in [4.69, 9.17) is 0 Å².